The van der Waals surface area contributed by atoms with Gasteiger partial charge in [-0.25, -0.2) is 0 Å². The molecule has 2 N–H and O–H groups in total. The van der Waals surface area contributed by atoms with Gasteiger partial charge in [0.1, 0.15) is 5.54 Å². The van der Waals surface area contributed by atoms with Crippen LogP contribution in [-0.4, -0.2) is 56.4 Å². The first-order valence-corrected chi connectivity index (χ1v) is 6.57. The molecule has 0 spiro atoms. The van der Waals surface area contributed by atoms with Crippen molar-refractivity contribution in [3.8, 4) is 0 Å². The van der Waals surface area contributed by atoms with Gasteiger partial charge >= 0.3 is 5.97 Å². The molecule has 0 saturated heterocycles. The van der Waals surface area contributed by atoms with Crippen molar-refractivity contribution in [3.63, 3.8) is 0 Å². The molecule has 1 fully saturated rings. The van der Waals surface area contributed by atoms with E-state index < -0.39 is 5.54 Å². The van der Waals surface area contributed by atoms with Crippen LogP contribution in [0, 0.1) is 5.92 Å². The Balaban J connectivity index is 2.43. The first kappa shape index (κ1) is 15.4. The van der Waals surface area contributed by atoms with E-state index in [2.05, 4.69) is 0 Å². The smallest absolute Gasteiger partial charge is 0.327 e. The van der Waals surface area contributed by atoms with Crippen LogP contribution in [0.25, 0.3) is 0 Å². The summed E-state index contributed by atoms with van der Waals surface area (Å²) in [5.41, 5.74) is 5.37. The fraction of sp³-hybridized carbons (Fsp3) is 0.923. The van der Waals surface area contributed by atoms with Gasteiger partial charge in [0.25, 0.3) is 0 Å². The van der Waals surface area contributed by atoms with E-state index in [1.54, 1.807) is 0 Å². The maximum Gasteiger partial charge on any atom is 0.327 e. The lowest BCUT2D eigenvalue weighted by atomic mass is 9.94. The summed E-state index contributed by atoms with van der Waals surface area (Å²) in [5, 5.41) is 0. The molecule has 0 heterocycles. The highest BCUT2D eigenvalue weighted by Gasteiger charge is 2.49. The summed E-state index contributed by atoms with van der Waals surface area (Å²) >= 11 is 0. The van der Waals surface area contributed by atoms with Crippen LogP contribution in [0.2, 0.25) is 0 Å². The average Bonchev–Trinajstić information content (AvgIpc) is 3.11. The van der Waals surface area contributed by atoms with Gasteiger partial charge in [-0.15, -0.1) is 0 Å². The number of hydrogen-bond donors (Lipinski definition) is 1. The second kappa shape index (κ2) is 6.50. The van der Waals surface area contributed by atoms with E-state index in [1.807, 2.05) is 25.8 Å². The summed E-state index contributed by atoms with van der Waals surface area (Å²) in [5.74, 6) is -0.0416. The highest BCUT2D eigenvalue weighted by atomic mass is 16.5. The van der Waals surface area contributed by atoms with Crippen molar-refractivity contribution in [2.75, 3.05) is 33.9 Å². The molecule has 0 aromatic heterocycles. The normalized spacial score (nSPS) is 19.1. The van der Waals surface area contributed by atoms with Crippen molar-refractivity contribution in [3.05, 3.63) is 0 Å². The third-order valence-electron chi connectivity index (χ3n) is 3.33. The number of likely N-dealkylation sites (N-methyl/N-ethyl adjacent to an activating group) is 1. The summed E-state index contributed by atoms with van der Waals surface area (Å²) in [7, 11) is 3.35. The van der Waals surface area contributed by atoms with Crippen molar-refractivity contribution in [2.45, 2.75) is 38.3 Å². The van der Waals surface area contributed by atoms with Gasteiger partial charge in [-0.2, -0.15) is 0 Å². The molecule has 1 saturated carbocycles. The number of esters is 1. The highest BCUT2D eigenvalue weighted by molar-refractivity contribution is 5.81. The number of carbonyl (C=O) groups is 1. The average molecular weight is 258 g/mol. The van der Waals surface area contributed by atoms with Gasteiger partial charge in [-0.05, 0) is 39.7 Å². The Hall–Kier alpha value is -0.650. The van der Waals surface area contributed by atoms with Crippen molar-refractivity contribution in [1.29, 1.82) is 0 Å². The molecule has 18 heavy (non-hydrogen) atoms. The molecule has 5 nitrogen and oxygen atoms in total. The Morgan fingerprint density at radius 1 is 1.50 bits per heavy atom. The Labute approximate surface area is 110 Å². The van der Waals surface area contributed by atoms with Crippen LogP contribution in [0.4, 0.5) is 0 Å². The molecule has 0 amide bonds. The van der Waals surface area contributed by atoms with Gasteiger partial charge in [-0.3, -0.25) is 4.79 Å². The maximum atomic E-state index is 11.8. The number of nitrogens with zero attached hydrogens (tertiary/aromatic N) is 1. The summed E-state index contributed by atoms with van der Waals surface area (Å²) in [4.78, 5) is 13.9. The Bertz CT molecular complexity index is 279. The number of carbonyl (C=O) groups excluding carboxylic acids is 1. The van der Waals surface area contributed by atoms with Gasteiger partial charge < -0.3 is 20.1 Å². The van der Waals surface area contributed by atoms with Crippen molar-refractivity contribution >= 4 is 5.97 Å². The minimum absolute atomic E-state index is 0.227. The molecule has 1 aliphatic carbocycles. The van der Waals surface area contributed by atoms with E-state index >= 15 is 0 Å². The van der Waals surface area contributed by atoms with E-state index in [9.17, 15) is 4.79 Å². The molecule has 0 aromatic rings. The van der Waals surface area contributed by atoms with Gasteiger partial charge in [0.2, 0.25) is 0 Å². The van der Waals surface area contributed by atoms with Crippen LogP contribution >= 0.6 is 0 Å². The fourth-order valence-electron chi connectivity index (χ4n) is 2.12. The van der Waals surface area contributed by atoms with Crippen LogP contribution < -0.4 is 5.73 Å². The SMILES string of the molecule is COC(=O)C(N)(CN(C)CCOC(C)C)C1CC1. The minimum Gasteiger partial charge on any atom is -0.468 e. The zero-order chi connectivity index (χ0) is 13.8. The summed E-state index contributed by atoms with van der Waals surface area (Å²) in [6.07, 6.45) is 2.26. The summed E-state index contributed by atoms with van der Waals surface area (Å²) in [6, 6.07) is 0. The van der Waals surface area contributed by atoms with Gasteiger partial charge in [0.15, 0.2) is 0 Å². The molecular formula is C13H26N2O3. The van der Waals surface area contributed by atoms with Gasteiger partial charge in [-0.1, -0.05) is 0 Å². The van der Waals surface area contributed by atoms with E-state index in [-0.39, 0.29) is 18.0 Å². The van der Waals surface area contributed by atoms with Crippen LogP contribution in [0.1, 0.15) is 26.7 Å². The number of ether oxygens (including phenoxy) is 2. The molecule has 1 unspecified atom stereocenters. The second-order valence-corrected chi connectivity index (χ2v) is 5.46. The van der Waals surface area contributed by atoms with Crippen molar-refractivity contribution < 1.29 is 14.3 Å². The zero-order valence-corrected chi connectivity index (χ0v) is 11.9. The van der Waals surface area contributed by atoms with Gasteiger partial charge in [0.05, 0.1) is 19.8 Å². The quantitative estimate of drug-likeness (QED) is 0.647. The predicted molar refractivity (Wildman–Crippen MR) is 70.2 cm³/mol. The first-order valence-electron chi connectivity index (χ1n) is 6.57. The second-order valence-electron chi connectivity index (χ2n) is 5.46. The number of methoxy groups -OCH3 is 1. The maximum absolute atomic E-state index is 11.8. The fourth-order valence-corrected chi connectivity index (χ4v) is 2.12. The molecule has 5 heteroatoms. The largest absolute Gasteiger partial charge is 0.468 e. The van der Waals surface area contributed by atoms with Crippen LogP contribution in [0.5, 0.6) is 0 Å². The van der Waals surface area contributed by atoms with Gasteiger partial charge in [0, 0.05) is 13.1 Å². The van der Waals surface area contributed by atoms with E-state index in [1.165, 1.54) is 7.11 Å². The molecule has 0 radical (unpaired) electrons. The van der Waals surface area contributed by atoms with E-state index in [0.29, 0.717) is 13.2 Å². The predicted octanol–water partition coefficient (Wildman–Crippen LogP) is 0.624. The monoisotopic (exact) mass is 258 g/mol. The molecular weight excluding hydrogens is 232 g/mol. The third-order valence-corrected chi connectivity index (χ3v) is 3.33. The molecule has 1 atom stereocenters. The van der Waals surface area contributed by atoms with Crippen LogP contribution in [0.15, 0.2) is 0 Å². The number of hydrogen-bond acceptors (Lipinski definition) is 5. The molecule has 1 aliphatic rings. The van der Waals surface area contributed by atoms with E-state index in [4.69, 9.17) is 15.2 Å². The van der Waals surface area contributed by atoms with Crippen LogP contribution in [-0.2, 0) is 14.3 Å². The molecule has 106 valence electrons. The molecule has 1 rings (SSSR count). The highest BCUT2D eigenvalue weighted by Crippen LogP contribution is 2.39. The number of rotatable bonds is 8. The lowest BCUT2D eigenvalue weighted by Crippen LogP contribution is -2.58. The lowest BCUT2D eigenvalue weighted by molar-refractivity contribution is -0.148. The first-order chi connectivity index (χ1) is 8.40. The Morgan fingerprint density at radius 3 is 2.56 bits per heavy atom. The Kier molecular flexibility index (Phi) is 5.56. The lowest BCUT2D eigenvalue weighted by Gasteiger charge is -2.31. The minimum atomic E-state index is -0.860. The van der Waals surface area contributed by atoms with E-state index in [0.717, 1.165) is 19.4 Å². The molecule has 0 bridgehead atoms. The Morgan fingerprint density at radius 2 is 2.11 bits per heavy atom. The molecule has 0 aromatic carbocycles. The van der Waals surface area contributed by atoms with Crippen molar-refractivity contribution in [2.24, 2.45) is 11.7 Å². The van der Waals surface area contributed by atoms with Crippen molar-refractivity contribution in [1.82, 2.24) is 4.90 Å². The van der Waals surface area contributed by atoms with Crippen LogP contribution in [0.3, 0.4) is 0 Å². The molecule has 0 aliphatic heterocycles. The number of nitrogens with two attached hydrogens (primary N) is 1. The standard InChI is InChI=1S/C13H26N2O3/c1-10(2)18-8-7-15(3)9-13(14,11-5-6-11)12(16)17-4/h10-11H,5-9,14H2,1-4H3. The summed E-state index contributed by atoms with van der Waals surface area (Å²) in [6.45, 7) is 5.94. The third kappa shape index (κ3) is 4.23. The zero-order valence-electron chi connectivity index (χ0n) is 11.9. The topological polar surface area (TPSA) is 64.8 Å². The summed E-state index contributed by atoms with van der Waals surface area (Å²) < 4.78 is 10.3.